The summed E-state index contributed by atoms with van der Waals surface area (Å²) in [6.07, 6.45) is 3.74. The molecule has 0 unspecified atom stereocenters. The second-order valence-corrected chi connectivity index (χ2v) is 7.00. The summed E-state index contributed by atoms with van der Waals surface area (Å²) in [7, 11) is 2.15. The Balaban J connectivity index is 1.38. The third-order valence-electron chi connectivity index (χ3n) is 4.82. The van der Waals surface area contributed by atoms with Crippen molar-refractivity contribution in [3.63, 3.8) is 0 Å². The van der Waals surface area contributed by atoms with E-state index in [9.17, 15) is 4.79 Å². The van der Waals surface area contributed by atoms with E-state index in [1.807, 2.05) is 12.1 Å². The molecule has 2 aliphatic rings. The lowest BCUT2D eigenvalue weighted by Crippen LogP contribution is -2.44. The van der Waals surface area contributed by atoms with Gasteiger partial charge in [0.05, 0.1) is 0 Å². The minimum absolute atomic E-state index is 0.224. The highest BCUT2D eigenvalue weighted by Gasteiger charge is 2.22. The smallest absolute Gasteiger partial charge is 0.274 e. The van der Waals surface area contributed by atoms with E-state index in [1.54, 1.807) is 6.07 Å². The van der Waals surface area contributed by atoms with Gasteiger partial charge in [0.15, 0.2) is 0 Å². The van der Waals surface area contributed by atoms with Gasteiger partial charge in [0, 0.05) is 49.7 Å². The summed E-state index contributed by atoms with van der Waals surface area (Å²) in [5.41, 5.74) is 2.32. The lowest BCUT2D eigenvalue weighted by atomic mass is 10.2. The molecule has 0 bridgehead atoms. The molecule has 1 aliphatic carbocycles. The topological polar surface area (TPSA) is 73.4 Å². The minimum Gasteiger partial charge on any atom is -0.369 e. The predicted molar refractivity (Wildman–Crippen MR) is 103 cm³/mol. The first-order valence-electron chi connectivity index (χ1n) is 9.11. The highest BCUT2D eigenvalue weighted by Crippen LogP contribution is 2.24. The number of benzene rings is 1. The molecule has 2 N–H and O–H groups in total. The molecule has 1 aromatic carbocycles. The maximum Gasteiger partial charge on any atom is 0.274 e. The Morgan fingerprint density at radius 2 is 1.81 bits per heavy atom. The fourth-order valence-electron chi connectivity index (χ4n) is 3.01. The van der Waals surface area contributed by atoms with Crippen LogP contribution in [0.15, 0.2) is 36.7 Å². The number of hydrogen-bond donors (Lipinski definition) is 2. The van der Waals surface area contributed by atoms with Crippen LogP contribution in [0.2, 0.25) is 0 Å². The van der Waals surface area contributed by atoms with Crippen molar-refractivity contribution in [2.24, 2.45) is 0 Å². The first kappa shape index (κ1) is 16.8. The number of carbonyl (C=O) groups excluding carboxylic acids is 1. The highest BCUT2D eigenvalue weighted by molar-refractivity contribution is 6.03. The molecule has 1 saturated heterocycles. The molecule has 7 heteroatoms. The molecule has 0 atom stereocenters. The van der Waals surface area contributed by atoms with Gasteiger partial charge in [-0.25, -0.2) is 9.97 Å². The minimum atomic E-state index is -0.224. The molecule has 1 saturated carbocycles. The zero-order valence-corrected chi connectivity index (χ0v) is 15.0. The second-order valence-electron chi connectivity index (χ2n) is 7.00. The van der Waals surface area contributed by atoms with E-state index in [0.717, 1.165) is 44.7 Å². The van der Waals surface area contributed by atoms with E-state index in [-0.39, 0.29) is 5.91 Å². The van der Waals surface area contributed by atoms with Crippen LogP contribution in [0.25, 0.3) is 0 Å². The quantitative estimate of drug-likeness (QED) is 0.858. The SMILES string of the molecule is CN1CCN(c2ccc(NC(=O)c3cc(NC4CC4)ncn3)cc2)CC1. The van der Waals surface area contributed by atoms with Crippen LogP contribution in [-0.2, 0) is 0 Å². The van der Waals surface area contributed by atoms with Gasteiger partial charge < -0.3 is 20.4 Å². The summed E-state index contributed by atoms with van der Waals surface area (Å²) in [5.74, 6) is 0.483. The van der Waals surface area contributed by atoms with E-state index in [2.05, 4.69) is 49.6 Å². The molecule has 4 rings (SSSR count). The van der Waals surface area contributed by atoms with Crippen LogP contribution in [0.5, 0.6) is 0 Å². The first-order valence-corrected chi connectivity index (χ1v) is 9.11. The van der Waals surface area contributed by atoms with Crippen LogP contribution >= 0.6 is 0 Å². The van der Waals surface area contributed by atoms with Crippen molar-refractivity contribution in [3.05, 3.63) is 42.4 Å². The molecule has 2 fully saturated rings. The van der Waals surface area contributed by atoms with E-state index in [0.29, 0.717) is 17.6 Å². The Labute approximate surface area is 153 Å². The monoisotopic (exact) mass is 352 g/mol. The van der Waals surface area contributed by atoms with Gasteiger partial charge in [0.2, 0.25) is 0 Å². The lowest BCUT2D eigenvalue weighted by Gasteiger charge is -2.34. The Morgan fingerprint density at radius 3 is 2.50 bits per heavy atom. The first-order chi connectivity index (χ1) is 12.7. The fourth-order valence-corrected chi connectivity index (χ4v) is 3.01. The molecular formula is C19H24N6O. The van der Waals surface area contributed by atoms with Gasteiger partial charge in [-0.2, -0.15) is 0 Å². The average molecular weight is 352 g/mol. The van der Waals surface area contributed by atoms with Crippen LogP contribution < -0.4 is 15.5 Å². The lowest BCUT2D eigenvalue weighted by molar-refractivity contribution is 0.102. The number of aromatic nitrogens is 2. The summed E-state index contributed by atoms with van der Waals surface area (Å²) < 4.78 is 0. The number of rotatable bonds is 5. The van der Waals surface area contributed by atoms with Crippen molar-refractivity contribution >= 4 is 23.1 Å². The van der Waals surface area contributed by atoms with E-state index in [1.165, 1.54) is 12.0 Å². The third kappa shape index (κ3) is 4.11. The summed E-state index contributed by atoms with van der Waals surface area (Å²) in [4.78, 5) is 25.4. The number of carbonyl (C=O) groups is 1. The summed E-state index contributed by atoms with van der Waals surface area (Å²) in [6, 6.07) is 10.2. The summed E-state index contributed by atoms with van der Waals surface area (Å²) in [5, 5.41) is 6.19. The van der Waals surface area contributed by atoms with Gasteiger partial charge in [-0.3, -0.25) is 4.79 Å². The molecule has 0 radical (unpaired) electrons. The molecule has 26 heavy (non-hydrogen) atoms. The van der Waals surface area contributed by atoms with Crippen molar-refractivity contribution < 1.29 is 4.79 Å². The molecule has 2 heterocycles. The van der Waals surface area contributed by atoms with Crippen LogP contribution in [0.4, 0.5) is 17.2 Å². The normalized spacial score (nSPS) is 17.8. The van der Waals surface area contributed by atoms with Gasteiger partial charge in [0.1, 0.15) is 17.8 Å². The van der Waals surface area contributed by atoms with Gasteiger partial charge in [-0.1, -0.05) is 0 Å². The predicted octanol–water partition coefficient (Wildman–Crippen LogP) is 2.05. The molecule has 7 nitrogen and oxygen atoms in total. The summed E-state index contributed by atoms with van der Waals surface area (Å²) >= 11 is 0. The largest absolute Gasteiger partial charge is 0.369 e. The molecule has 1 aromatic heterocycles. The number of nitrogens with zero attached hydrogens (tertiary/aromatic N) is 4. The fraction of sp³-hybridized carbons (Fsp3) is 0.421. The van der Waals surface area contributed by atoms with Gasteiger partial charge in [0.25, 0.3) is 5.91 Å². The molecule has 2 aromatic rings. The van der Waals surface area contributed by atoms with Gasteiger partial charge in [-0.05, 0) is 44.2 Å². The Kier molecular flexibility index (Phi) is 4.71. The molecule has 136 valence electrons. The van der Waals surface area contributed by atoms with Crippen LogP contribution in [0, 0.1) is 0 Å². The standard InChI is InChI=1S/C19H24N6O/c1-24-8-10-25(11-9-24)16-6-4-15(5-7-16)23-19(26)17-12-18(21-13-20-17)22-14-2-3-14/h4-7,12-14H,2-3,8-11H2,1H3,(H,23,26)(H,20,21,22). The molecule has 1 amide bonds. The van der Waals surface area contributed by atoms with E-state index >= 15 is 0 Å². The number of likely N-dealkylation sites (N-methyl/N-ethyl adjacent to an activating group) is 1. The van der Waals surface area contributed by atoms with Crippen molar-refractivity contribution in [3.8, 4) is 0 Å². The van der Waals surface area contributed by atoms with E-state index < -0.39 is 0 Å². The van der Waals surface area contributed by atoms with Crippen molar-refractivity contribution in [2.45, 2.75) is 18.9 Å². The molecule has 1 aliphatic heterocycles. The van der Waals surface area contributed by atoms with Crippen molar-refractivity contribution in [2.75, 3.05) is 48.8 Å². The third-order valence-corrected chi connectivity index (χ3v) is 4.82. The van der Waals surface area contributed by atoms with Gasteiger partial charge in [-0.15, -0.1) is 0 Å². The Hall–Kier alpha value is -2.67. The molecular weight excluding hydrogens is 328 g/mol. The van der Waals surface area contributed by atoms with Crippen LogP contribution in [0.3, 0.4) is 0 Å². The second kappa shape index (κ2) is 7.29. The average Bonchev–Trinajstić information content (AvgIpc) is 3.47. The zero-order chi connectivity index (χ0) is 17.9. The van der Waals surface area contributed by atoms with E-state index in [4.69, 9.17) is 0 Å². The Bertz CT molecular complexity index is 766. The number of piperazine rings is 1. The Morgan fingerprint density at radius 1 is 1.08 bits per heavy atom. The number of amides is 1. The maximum absolute atomic E-state index is 12.4. The maximum atomic E-state index is 12.4. The molecule has 0 spiro atoms. The van der Waals surface area contributed by atoms with Crippen LogP contribution in [0.1, 0.15) is 23.3 Å². The van der Waals surface area contributed by atoms with Crippen molar-refractivity contribution in [1.29, 1.82) is 0 Å². The van der Waals surface area contributed by atoms with Crippen molar-refractivity contribution in [1.82, 2.24) is 14.9 Å². The number of anilines is 3. The van der Waals surface area contributed by atoms with Gasteiger partial charge >= 0.3 is 0 Å². The summed E-state index contributed by atoms with van der Waals surface area (Å²) in [6.45, 7) is 4.20. The number of nitrogens with one attached hydrogen (secondary N) is 2. The number of hydrogen-bond acceptors (Lipinski definition) is 6. The zero-order valence-electron chi connectivity index (χ0n) is 15.0. The van der Waals surface area contributed by atoms with Crippen LogP contribution in [-0.4, -0.2) is 60.0 Å². The highest BCUT2D eigenvalue weighted by atomic mass is 16.1.